The summed E-state index contributed by atoms with van der Waals surface area (Å²) < 4.78 is 0. The molecule has 1 rings (SSSR count). The van der Waals surface area contributed by atoms with Crippen molar-refractivity contribution in [3.63, 3.8) is 0 Å². The standard InChI is InChI=1S/C10H15NO/c1-3-10(12)8(2)9-4-6-11-7-5-9/h4-8,10,12H,3H2,1-2H3. The van der Waals surface area contributed by atoms with Crippen LogP contribution in [0.5, 0.6) is 0 Å². The lowest BCUT2D eigenvalue weighted by Gasteiger charge is -2.16. The highest BCUT2D eigenvalue weighted by Gasteiger charge is 2.13. The van der Waals surface area contributed by atoms with E-state index in [0.29, 0.717) is 0 Å². The lowest BCUT2D eigenvalue weighted by atomic mass is 9.95. The van der Waals surface area contributed by atoms with E-state index in [0.717, 1.165) is 12.0 Å². The second-order valence-corrected chi connectivity index (χ2v) is 3.04. The van der Waals surface area contributed by atoms with E-state index in [1.165, 1.54) is 0 Å². The monoisotopic (exact) mass is 165 g/mol. The lowest BCUT2D eigenvalue weighted by Crippen LogP contribution is -2.14. The van der Waals surface area contributed by atoms with Crippen molar-refractivity contribution >= 4 is 0 Å². The van der Waals surface area contributed by atoms with Crippen molar-refractivity contribution < 1.29 is 5.11 Å². The van der Waals surface area contributed by atoms with Crippen LogP contribution < -0.4 is 0 Å². The molecule has 1 aromatic heterocycles. The van der Waals surface area contributed by atoms with Crippen LogP contribution >= 0.6 is 0 Å². The van der Waals surface area contributed by atoms with Gasteiger partial charge in [0.15, 0.2) is 0 Å². The molecule has 0 aliphatic heterocycles. The third kappa shape index (κ3) is 2.05. The van der Waals surface area contributed by atoms with Gasteiger partial charge < -0.3 is 5.11 Å². The first kappa shape index (κ1) is 9.20. The quantitative estimate of drug-likeness (QED) is 0.742. The van der Waals surface area contributed by atoms with Crippen LogP contribution in [-0.2, 0) is 0 Å². The van der Waals surface area contributed by atoms with E-state index in [1.807, 2.05) is 26.0 Å². The van der Waals surface area contributed by atoms with Crippen molar-refractivity contribution in [2.45, 2.75) is 32.3 Å². The number of nitrogens with zero attached hydrogens (tertiary/aromatic N) is 1. The fourth-order valence-corrected chi connectivity index (χ4v) is 1.24. The van der Waals surface area contributed by atoms with Crippen molar-refractivity contribution in [3.8, 4) is 0 Å². The predicted molar refractivity (Wildman–Crippen MR) is 48.9 cm³/mol. The van der Waals surface area contributed by atoms with Crippen molar-refractivity contribution in [1.82, 2.24) is 4.98 Å². The van der Waals surface area contributed by atoms with E-state index < -0.39 is 0 Å². The van der Waals surface area contributed by atoms with E-state index in [4.69, 9.17) is 0 Å². The zero-order valence-corrected chi connectivity index (χ0v) is 7.57. The molecule has 12 heavy (non-hydrogen) atoms. The summed E-state index contributed by atoms with van der Waals surface area (Å²) in [4.78, 5) is 3.93. The highest BCUT2D eigenvalue weighted by Crippen LogP contribution is 2.19. The molecule has 0 bridgehead atoms. The predicted octanol–water partition coefficient (Wildman–Crippen LogP) is 1.96. The van der Waals surface area contributed by atoms with Crippen molar-refractivity contribution in [2.24, 2.45) is 0 Å². The molecule has 2 unspecified atom stereocenters. The van der Waals surface area contributed by atoms with Gasteiger partial charge in [-0.15, -0.1) is 0 Å². The Morgan fingerprint density at radius 1 is 1.42 bits per heavy atom. The van der Waals surface area contributed by atoms with E-state index in [9.17, 15) is 5.11 Å². The van der Waals surface area contributed by atoms with Gasteiger partial charge in [-0.25, -0.2) is 0 Å². The minimum atomic E-state index is -0.243. The summed E-state index contributed by atoms with van der Waals surface area (Å²) in [6.45, 7) is 4.02. The van der Waals surface area contributed by atoms with Crippen LogP contribution in [0.15, 0.2) is 24.5 Å². The third-order valence-electron chi connectivity index (χ3n) is 2.23. The maximum absolute atomic E-state index is 9.56. The molecule has 0 saturated heterocycles. The van der Waals surface area contributed by atoms with E-state index in [2.05, 4.69) is 4.98 Å². The van der Waals surface area contributed by atoms with Crippen LogP contribution in [0.25, 0.3) is 0 Å². The van der Waals surface area contributed by atoms with Gasteiger partial charge in [0, 0.05) is 18.3 Å². The summed E-state index contributed by atoms with van der Waals surface area (Å²) in [6.07, 6.45) is 4.07. The van der Waals surface area contributed by atoms with Gasteiger partial charge in [-0.1, -0.05) is 13.8 Å². The Kier molecular flexibility index (Phi) is 3.23. The Morgan fingerprint density at radius 3 is 2.50 bits per heavy atom. The van der Waals surface area contributed by atoms with E-state index >= 15 is 0 Å². The molecule has 1 N–H and O–H groups in total. The van der Waals surface area contributed by atoms with Crippen LogP contribution in [0, 0.1) is 0 Å². The van der Waals surface area contributed by atoms with E-state index in [-0.39, 0.29) is 12.0 Å². The summed E-state index contributed by atoms with van der Waals surface area (Å²) in [6, 6.07) is 3.90. The number of rotatable bonds is 3. The maximum Gasteiger partial charge on any atom is 0.0603 e. The van der Waals surface area contributed by atoms with Gasteiger partial charge in [-0.2, -0.15) is 0 Å². The van der Waals surface area contributed by atoms with Gasteiger partial charge in [0.25, 0.3) is 0 Å². The molecule has 0 fully saturated rings. The second kappa shape index (κ2) is 4.21. The van der Waals surface area contributed by atoms with E-state index in [1.54, 1.807) is 12.4 Å². The topological polar surface area (TPSA) is 33.1 Å². The molecule has 66 valence electrons. The Bertz CT molecular complexity index is 223. The first-order chi connectivity index (χ1) is 5.75. The molecule has 0 spiro atoms. The smallest absolute Gasteiger partial charge is 0.0603 e. The molecule has 0 aromatic carbocycles. The molecule has 2 atom stereocenters. The summed E-state index contributed by atoms with van der Waals surface area (Å²) in [5, 5.41) is 9.56. The molecule has 0 aliphatic carbocycles. The molecular formula is C10H15NO. The number of aliphatic hydroxyl groups excluding tert-OH is 1. The number of pyridine rings is 1. The summed E-state index contributed by atoms with van der Waals surface area (Å²) in [7, 11) is 0. The first-order valence-corrected chi connectivity index (χ1v) is 4.33. The molecule has 0 radical (unpaired) electrons. The number of aliphatic hydroxyl groups is 1. The SMILES string of the molecule is CCC(O)C(C)c1ccncc1. The van der Waals surface area contributed by atoms with Crippen LogP contribution in [0.3, 0.4) is 0 Å². The van der Waals surface area contributed by atoms with Gasteiger partial charge in [0.05, 0.1) is 6.10 Å². The number of hydrogen-bond acceptors (Lipinski definition) is 2. The molecular weight excluding hydrogens is 150 g/mol. The van der Waals surface area contributed by atoms with Crippen LogP contribution in [0.4, 0.5) is 0 Å². The molecule has 2 heteroatoms. The Balaban J connectivity index is 2.71. The normalized spacial score (nSPS) is 15.6. The molecule has 1 aromatic rings. The summed E-state index contributed by atoms with van der Waals surface area (Å²) in [5.74, 6) is 0.206. The largest absolute Gasteiger partial charge is 0.393 e. The second-order valence-electron chi connectivity index (χ2n) is 3.04. The minimum Gasteiger partial charge on any atom is -0.393 e. The molecule has 0 saturated carbocycles. The molecule has 1 heterocycles. The lowest BCUT2D eigenvalue weighted by molar-refractivity contribution is 0.145. The third-order valence-corrected chi connectivity index (χ3v) is 2.23. The fourth-order valence-electron chi connectivity index (χ4n) is 1.24. The fraction of sp³-hybridized carbons (Fsp3) is 0.500. The zero-order valence-electron chi connectivity index (χ0n) is 7.57. The average Bonchev–Trinajstić information content (AvgIpc) is 2.17. The number of aromatic nitrogens is 1. The van der Waals surface area contributed by atoms with Crippen molar-refractivity contribution in [3.05, 3.63) is 30.1 Å². The van der Waals surface area contributed by atoms with Gasteiger partial charge in [0.1, 0.15) is 0 Å². The Labute approximate surface area is 73.3 Å². The first-order valence-electron chi connectivity index (χ1n) is 4.33. The summed E-state index contributed by atoms with van der Waals surface area (Å²) >= 11 is 0. The van der Waals surface area contributed by atoms with Crippen LogP contribution in [0.2, 0.25) is 0 Å². The molecule has 0 amide bonds. The summed E-state index contributed by atoms with van der Waals surface area (Å²) in [5.41, 5.74) is 1.15. The minimum absolute atomic E-state index is 0.206. The Morgan fingerprint density at radius 2 is 2.00 bits per heavy atom. The maximum atomic E-state index is 9.56. The molecule has 0 aliphatic rings. The highest BCUT2D eigenvalue weighted by molar-refractivity contribution is 5.15. The van der Waals surface area contributed by atoms with Gasteiger partial charge in [-0.3, -0.25) is 4.98 Å². The molecule has 2 nitrogen and oxygen atoms in total. The van der Waals surface area contributed by atoms with Crippen LogP contribution in [-0.4, -0.2) is 16.2 Å². The van der Waals surface area contributed by atoms with Gasteiger partial charge in [-0.05, 0) is 24.1 Å². The Hall–Kier alpha value is -0.890. The van der Waals surface area contributed by atoms with Crippen molar-refractivity contribution in [2.75, 3.05) is 0 Å². The zero-order chi connectivity index (χ0) is 8.97. The number of hydrogen-bond donors (Lipinski definition) is 1. The average molecular weight is 165 g/mol. The van der Waals surface area contributed by atoms with Crippen LogP contribution in [0.1, 0.15) is 31.7 Å². The van der Waals surface area contributed by atoms with Gasteiger partial charge in [0.2, 0.25) is 0 Å². The highest BCUT2D eigenvalue weighted by atomic mass is 16.3. The van der Waals surface area contributed by atoms with Crippen molar-refractivity contribution in [1.29, 1.82) is 0 Å². The van der Waals surface area contributed by atoms with Gasteiger partial charge >= 0.3 is 0 Å².